The van der Waals surface area contributed by atoms with Crippen LogP contribution >= 0.6 is 0 Å². The van der Waals surface area contributed by atoms with Crippen molar-refractivity contribution in [3.05, 3.63) is 59.9 Å². The smallest absolute Gasteiger partial charge is 0.0602 e. The van der Waals surface area contributed by atoms with Gasteiger partial charge in [-0.25, -0.2) is 0 Å². The molecule has 1 unspecified atom stereocenters. The number of hydrogen-bond acceptors (Lipinski definition) is 3. The molecule has 1 atom stereocenters. The van der Waals surface area contributed by atoms with Crippen molar-refractivity contribution >= 4 is 5.69 Å². The first-order chi connectivity index (χ1) is 10.2. The molecule has 1 aromatic heterocycles. The molecule has 1 aliphatic rings. The summed E-state index contributed by atoms with van der Waals surface area (Å²) >= 11 is 0. The zero-order valence-electron chi connectivity index (χ0n) is 12.8. The van der Waals surface area contributed by atoms with Gasteiger partial charge in [0.1, 0.15) is 0 Å². The number of nitrogens with one attached hydrogen (secondary N) is 1. The molecule has 3 rings (SSSR count). The fraction of sp³-hybridized carbons (Fsp3) is 0.389. The molecule has 3 heteroatoms. The molecule has 110 valence electrons. The molecule has 0 amide bonds. The number of benzene rings is 1. The molecule has 0 spiro atoms. The van der Waals surface area contributed by atoms with Crippen molar-refractivity contribution in [1.29, 1.82) is 0 Å². The van der Waals surface area contributed by atoms with E-state index in [4.69, 9.17) is 0 Å². The van der Waals surface area contributed by atoms with E-state index in [0.29, 0.717) is 0 Å². The molecule has 1 aliphatic heterocycles. The number of pyridine rings is 1. The molecule has 2 aromatic rings. The summed E-state index contributed by atoms with van der Waals surface area (Å²) in [6.45, 7) is 7.34. The van der Waals surface area contributed by atoms with Crippen LogP contribution in [0.4, 0.5) is 5.69 Å². The fourth-order valence-electron chi connectivity index (χ4n) is 2.90. The van der Waals surface area contributed by atoms with E-state index < -0.39 is 0 Å². The predicted molar refractivity (Wildman–Crippen MR) is 87.3 cm³/mol. The topological polar surface area (TPSA) is 28.2 Å². The van der Waals surface area contributed by atoms with E-state index in [1.165, 1.54) is 11.3 Å². The summed E-state index contributed by atoms with van der Waals surface area (Å²) in [6.07, 6.45) is 2.98. The second-order valence-corrected chi connectivity index (χ2v) is 6.07. The maximum atomic E-state index is 4.49. The molecule has 2 heterocycles. The largest absolute Gasteiger partial charge is 0.364 e. The summed E-state index contributed by atoms with van der Waals surface area (Å²) in [5.74, 6) is 0. The van der Waals surface area contributed by atoms with Crippen LogP contribution < -0.4 is 10.2 Å². The number of para-hydroxylation sites is 1. The quantitative estimate of drug-likeness (QED) is 0.935. The first-order valence-corrected chi connectivity index (χ1v) is 7.68. The summed E-state index contributed by atoms with van der Waals surface area (Å²) in [4.78, 5) is 6.95. The third-order valence-corrected chi connectivity index (χ3v) is 4.44. The van der Waals surface area contributed by atoms with Gasteiger partial charge in [0.05, 0.1) is 12.2 Å². The van der Waals surface area contributed by atoms with Gasteiger partial charge in [-0.3, -0.25) is 4.98 Å². The maximum Gasteiger partial charge on any atom is 0.0602 e. The Labute approximate surface area is 127 Å². The Morgan fingerprint density at radius 2 is 2.00 bits per heavy atom. The number of aromatic nitrogens is 1. The monoisotopic (exact) mass is 281 g/mol. The van der Waals surface area contributed by atoms with Crippen molar-refractivity contribution in [2.75, 3.05) is 11.4 Å². The summed E-state index contributed by atoms with van der Waals surface area (Å²) in [5, 5.41) is 3.72. The van der Waals surface area contributed by atoms with Gasteiger partial charge in [0, 0.05) is 30.5 Å². The fourth-order valence-corrected chi connectivity index (χ4v) is 2.90. The van der Waals surface area contributed by atoms with E-state index in [0.717, 1.165) is 31.7 Å². The lowest BCUT2D eigenvalue weighted by Gasteiger charge is -2.34. The first kappa shape index (κ1) is 14.1. The third kappa shape index (κ3) is 3.08. The third-order valence-electron chi connectivity index (χ3n) is 4.44. The molecule has 0 saturated heterocycles. The highest BCUT2D eigenvalue weighted by molar-refractivity contribution is 5.55. The van der Waals surface area contributed by atoms with Crippen LogP contribution in [0.3, 0.4) is 0 Å². The number of nitrogens with zero attached hydrogens (tertiary/aromatic N) is 2. The average Bonchev–Trinajstić information content (AvgIpc) is 2.67. The van der Waals surface area contributed by atoms with Gasteiger partial charge in [0.15, 0.2) is 0 Å². The second-order valence-electron chi connectivity index (χ2n) is 6.07. The van der Waals surface area contributed by atoms with Gasteiger partial charge in [-0.15, -0.1) is 0 Å². The molecule has 0 radical (unpaired) electrons. The Morgan fingerprint density at radius 3 is 2.76 bits per heavy atom. The van der Waals surface area contributed by atoms with Crippen molar-refractivity contribution in [3.63, 3.8) is 0 Å². The number of hydrogen-bond donors (Lipinski definition) is 1. The minimum Gasteiger partial charge on any atom is -0.364 e. The lowest BCUT2D eigenvalue weighted by molar-refractivity contribution is 0.348. The summed E-state index contributed by atoms with van der Waals surface area (Å²) in [6, 6.07) is 14.8. The van der Waals surface area contributed by atoms with Crippen LogP contribution in [0.5, 0.6) is 0 Å². The molecular formula is C18H23N3. The lowest BCUT2D eigenvalue weighted by atomic mass is 9.98. The number of rotatable bonds is 3. The second kappa shape index (κ2) is 5.86. The Hall–Kier alpha value is -1.87. The standard InChI is InChI=1S/C18H23N3/c1-3-18(2)14-21(13-16-9-6-7-11-19-16)17-10-5-4-8-15(17)12-20-18/h4-11,20H,3,12-14H2,1-2H3. The van der Waals surface area contributed by atoms with Gasteiger partial charge < -0.3 is 10.2 Å². The van der Waals surface area contributed by atoms with E-state index in [-0.39, 0.29) is 5.54 Å². The summed E-state index contributed by atoms with van der Waals surface area (Å²) < 4.78 is 0. The summed E-state index contributed by atoms with van der Waals surface area (Å²) in [5.41, 5.74) is 3.94. The average molecular weight is 281 g/mol. The SMILES string of the molecule is CCC1(C)CN(Cc2ccccn2)c2ccccc2CN1. The van der Waals surface area contributed by atoms with Crippen LogP contribution in [0.2, 0.25) is 0 Å². The van der Waals surface area contributed by atoms with Gasteiger partial charge >= 0.3 is 0 Å². The molecule has 21 heavy (non-hydrogen) atoms. The molecule has 0 aliphatic carbocycles. The van der Waals surface area contributed by atoms with Gasteiger partial charge in [-0.05, 0) is 37.1 Å². The highest BCUT2D eigenvalue weighted by Gasteiger charge is 2.29. The Bertz CT molecular complexity index is 596. The van der Waals surface area contributed by atoms with Gasteiger partial charge in [0.2, 0.25) is 0 Å². The Morgan fingerprint density at radius 1 is 1.19 bits per heavy atom. The van der Waals surface area contributed by atoms with Crippen LogP contribution in [-0.2, 0) is 13.1 Å². The molecular weight excluding hydrogens is 258 g/mol. The maximum absolute atomic E-state index is 4.49. The van der Waals surface area contributed by atoms with Crippen LogP contribution in [0, 0.1) is 0 Å². The van der Waals surface area contributed by atoms with E-state index in [9.17, 15) is 0 Å². The Balaban J connectivity index is 1.94. The van der Waals surface area contributed by atoms with Gasteiger partial charge in [-0.2, -0.15) is 0 Å². The van der Waals surface area contributed by atoms with Crippen LogP contribution in [0.25, 0.3) is 0 Å². The van der Waals surface area contributed by atoms with Crippen molar-refractivity contribution in [2.24, 2.45) is 0 Å². The van der Waals surface area contributed by atoms with Gasteiger partial charge in [0.25, 0.3) is 0 Å². The Kier molecular flexibility index (Phi) is 3.93. The highest BCUT2D eigenvalue weighted by atomic mass is 15.2. The van der Waals surface area contributed by atoms with Crippen LogP contribution in [-0.4, -0.2) is 17.1 Å². The normalized spacial score (nSPS) is 21.7. The summed E-state index contributed by atoms with van der Waals surface area (Å²) in [7, 11) is 0. The van der Waals surface area contributed by atoms with Crippen molar-refractivity contribution < 1.29 is 0 Å². The van der Waals surface area contributed by atoms with Crippen LogP contribution in [0.1, 0.15) is 31.5 Å². The van der Waals surface area contributed by atoms with Crippen molar-refractivity contribution in [1.82, 2.24) is 10.3 Å². The number of anilines is 1. The predicted octanol–water partition coefficient (Wildman–Crippen LogP) is 3.36. The van der Waals surface area contributed by atoms with E-state index in [1.807, 2.05) is 12.3 Å². The van der Waals surface area contributed by atoms with Crippen molar-refractivity contribution in [3.8, 4) is 0 Å². The zero-order chi connectivity index (χ0) is 14.7. The molecule has 1 N–H and O–H groups in total. The lowest BCUT2D eigenvalue weighted by Crippen LogP contribution is -2.48. The molecule has 3 nitrogen and oxygen atoms in total. The first-order valence-electron chi connectivity index (χ1n) is 7.68. The minimum absolute atomic E-state index is 0.133. The van der Waals surface area contributed by atoms with E-state index >= 15 is 0 Å². The van der Waals surface area contributed by atoms with Crippen LogP contribution in [0.15, 0.2) is 48.7 Å². The minimum atomic E-state index is 0.133. The molecule has 0 bridgehead atoms. The van der Waals surface area contributed by atoms with E-state index in [1.54, 1.807) is 0 Å². The zero-order valence-corrected chi connectivity index (χ0v) is 12.8. The van der Waals surface area contributed by atoms with E-state index in [2.05, 4.69) is 65.4 Å². The number of fused-ring (bicyclic) bond motifs is 1. The highest BCUT2D eigenvalue weighted by Crippen LogP contribution is 2.28. The molecule has 1 aromatic carbocycles. The van der Waals surface area contributed by atoms with Crippen molar-refractivity contribution in [2.45, 2.75) is 38.9 Å². The molecule has 0 fully saturated rings. The van der Waals surface area contributed by atoms with Gasteiger partial charge in [-0.1, -0.05) is 31.2 Å². The molecule has 0 saturated carbocycles.